The monoisotopic (exact) mass is 447 g/mol. The van der Waals surface area contributed by atoms with Gasteiger partial charge in [-0.1, -0.05) is 35.5 Å². The van der Waals surface area contributed by atoms with Crippen molar-refractivity contribution in [1.82, 2.24) is 24.8 Å². The van der Waals surface area contributed by atoms with Crippen LogP contribution in [-0.2, 0) is 17.9 Å². The van der Waals surface area contributed by atoms with Crippen LogP contribution in [0.4, 0.5) is 0 Å². The van der Waals surface area contributed by atoms with E-state index in [4.69, 9.17) is 9.47 Å². The number of piperazine rings is 1. The van der Waals surface area contributed by atoms with E-state index < -0.39 is 0 Å². The summed E-state index contributed by atoms with van der Waals surface area (Å²) in [4.78, 5) is 29.3. The number of methoxy groups -OCH3 is 1. The molecule has 0 bridgehead atoms. The van der Waals surface area contributed by atoms with Gasteiger partial charge in [-0.2, -0.15) is 0 Å². The van der Waals surface area contributed by atoms with Crippen LogP contribution in [0.3, 0.4) is 0 Å². The van der Waals surface area contributed by atoms with Crippen LogP contribution in [0.25, 0.3) is 0 Å². The number of benzene rings is 2. The van der Waals surface area contributed by atoms with Gasteiger partial charge in [-0.05, 0) is 29.8 Å². The molecule has 0 spiro atoms. The molecule has 2 amide bonds. The summed E-state index contributed by atoms with van der Waals surface area (Å²) in [5.41, 5.74) is 2.69. The maximum Gasteiger partial charge on any atom is 0.276 e. The summed E-state index contributed by atoms with van der Waals surface area (Å²) < 4.78 is 13.0. The number of aromatic nitrogens is 3. The molecule has 2 aromatic carbocycles. The van der Waals surface area contributed by atoms with Crippen LogP contribution in [0.5, 0.6) is 5.75 Å². The van der Waals surface area contributed by atoms with Gasteiger partial charge in [0.1, 0.15) is 11.9 Å². The number of fused-ring (bicyclic) bond motifs is 1. The van der Waals surface area contributed by atoms with Crippen LogP contribution >= 0.6 is 0 Å². The lowest BCUT2D eigenvalue weighted by Crippen LogP contribution is -2.50. The predicted octanol–water partition coefficient (Wildman–Crippen LogP) is 2.16. The zero-order valence-corrected chi connectivity index (χ0v) is 18.4. The highest BCUT2D eigenvalue weighted by Crippen LogP contribution is 2.28. The number of carbonyl (C=O) groups excluding carboxylic acids is 2. The largest absolute Gasteiger partial charge is 0.497 e. The second-order valence-corrected chi connectivity index (χ2v) is 8.09. The lowest BCUT2D eigenvalue weighted by Gasteiger charge is -2.34. The fraction of sp³-hybridized carbons (Fsp3) is 0.333. The van der Waals surface area contributed by atoms with Gasteiger partial charge >= 0.3 is 0 Å². The van der Waals surface area contributed by atoms with E-state index in [1.165, 1.54) is 0 Å². The molecule has 2 aliphatic rings. The molecule has 9 nitrogen and oxygen atoms in total. The Morgan fingerprint density at radius 2 is 1.61 bits per heavy atom. The van der Waals surface area contributed by atoms with E-state index in [-0.39, 0.29) is 24.5 Å². The molecule has 0 aliphatic carbocycles. The fourth-order valence-corrected chi connectivity index (χ4v) is 4.22. The van der Waals surface area contributed by atoms with Crippen molar-refractivity contribution in [3.8, 4) is 5.75 Å². The predicted molar refractivity (Wildman–Crippen MR) is 119 cm³/mol. The second kappa shape index (κ2) is 9.03. The number of ether oxygens (including phenoxy) is 2. The van der Waals surface area contributed by atoms with Crippen molar-refractivity contribution in [3.05, 3.63) is 77.1 Å². The molecule has 2 aliphatic heterocycles. The molecule has 1 aromatic heterocycles. The molecule has 1 fully saturated rings. The normalized spacial score (nSPS) is 18.0. The molecule has 0 unspecified atom stereocenters. The molecule has 1 atom stereocenters. The first kappa shape index (κ1) is 21.1. The Morgan fingerprint density at radius 1 is 0.939 bits per heavy atom. The molecule has 3 heterocycles. The lowest BCUT2D eigenvalue weighted by atomic mass is 10.1. The van der Waals surface area contributed by atoms with Gasteiger partial charge in [0.2, 0.25) is 0 Å². The van der Waals surface area contributed by atoms with Crippen molar-refractivity contribution in [2.24, 2.45) is 0 Å². The zero-order chi connectivity index (χ0) is 22.8. The third kappa shape index (κ3) is 4.19. The summed E-state index contributed by atoms with van der Waals surface area (Å²) in [6.45, 7) is 2.63. The van der Waals surface area contributed by atoms with Gasteiger partial charge in [0.05, 0.1) is 26.0 Å². The first-order chi connectivity index (χ1) is 16.1. The number of hydrogen-bond acceptors (Lipinski definition) is 6. The fourth-order valence-electron chi connectivity index (χ4n) is 4.22. The van der Waals surface area contributed by atoms with E-state index in [0.29, 0.717) is 49.7 Å². The highest BCUT2D eigenvalue weighted by atomic mass is 16.5. The second-order valence-electron chi connectivity index (χ2n) is 8.09. The van der Waals surface area contributed by atoms with E-state index >= 15 is 0 Å². The Labute approximate surface area is 191 Å². The number of amides is 2. The van der Waals surface area contributed by atoms with Crippen molar-refractivity contribution in [1.29, 1.82) is 0 Å². The molecule has 170 valence electrons. The number of rotatable bonds is 4. The molecule has 3 aromatic rings. The van der Waals surface area contributed by atoms with Crippen molar-refractivity contribution in [2.75, 3.05) is 33.3 Å². The van der Waals surface area contributed by atoms with E-state index in [1.807, 2.05) is 54.6 Å². The first-order valence-electron chi connectivity index (χ1n) is 11.0. The van der Waals surface area contributed by atoms with Crippen LogP contribution in [0.1, 0.15) is 38.2 Å². The van der Waals surface area contributed by atoms with Crippen molar-refractivity contribution < 1.29 is 19.1 Å². The Balaban J connectivity index is 1.22. The van der Waals surface area contributed by atoms with Gasteiger partial charge in [0.25, 0.3) is 11.8 Å². The molecule has 5 rings (SSSR count). The average molecular weight is 447 g/mol. The minimum atomic E-state index is -0.172. The van der Waals surface area contributed by atoms with E-state index in [0.717, 1.165) is 11.3 Å². The standard InChI is InChI=1S/C24H25N5O4/c1-32-19-9-7-17(8-10-19)21-15-29-20(16-33-21)22(25-26-29)24(31)28-13-11-27(12-14-28)23(30)18-5-3-2-4-6-18/h2-10,21H,11-16H2,1H3/t21-/m0/s1. The van der Waals surface area contributed by atoms with Gasteiger partial charge in [0, 0.05) is 31.7 Å². The molecule has 9 heteroatoms. The smallest absolute Gasteiger partial charge is 0.276 e. The molecule has 33 heavy (non-hydrogen) atoms. The Kier molecular flexibility index (Phi) is 5.78. The van der Waals surface area contributed by atoms with Crippen molar-refractivity contribution in [3.63, 3.8) is 0 Å². The molecule has 0 radical (unpaired) electrons. The summed E-state index contributed by atoms with van der Waals surface area (Å²) in [6.07, 6.45) is -0.166. The summed E-state index contributed by atoms with van der Waals surface area (Å²) in [6, 6.07) is 16.9. The van der Waals surface area contributed by atoms with Gasteiger partial charge in [0.15, 0.2) is 5.69 Å². The van der Waals surface area contributed by atoms with Gasteiger partial charge < -0.3 is 19.3 Å². The molecule has 1 saturated heterocycles. The third-order valence-electron chi connectivity index (χ3n) is 6.16. The minimum absolute atomic E-state index is 0.0123. The first-order valence-corrected chi connectivity index (χ1v) is 11.0. The summed E-state index contributed by atoms with van der Waals surface area (Å²) >= 11 is 0. The quantitative estimate of drug-likeness (QED) is 0.609. The van der Waals surface area contributed by atoms with Crippen LogP contribution in [0.15, 0.2) is 54.6 Å². The topological polar surface area (TPSA) is 89.8 Å². The van der Waals surface area contributed by atoms with Crippen LogP contribution in [0, 0.1) is 0 Å². The molecular weight excluding hydrogens is 422 g/mol. The minimum Gasteiger partial charge on any atom is -0.497 e. The van der Waals surface area contributed by atoms with Crippen molar-refractivity contribution >= 4 is 11.8 Å². The summed E-state index contributed by atoms with van der Waals surface area (Å²) in [7, 11) is 1.63. The Hall–Kier alpha value is -3.72. The summed E-state index contributed by atoms with van der Waals surface area (Å²) in [5, 5.41) is 8.39. The number of hydrogen-bond donors (Lipinski definition) is 0. The van der Waals surface area contributed by atoms with E-state index in [1.54, 1.807) is 21.6 Å². The maximum absolute atomic E-state index is 13.1. The average Bonchev–Trinajstić information content (AvgIpc) is 3.32. The van der Waals surface area contributed by atoms with Gasteiger partial charge in [-0.25, -0.2) is 4.68 Å². The van der Waals surface area contributed by atoms with Gasteiger partial charge in [-0.3, -0.25) is 9.59 Å². The van der Waals surface area contributed by atoms with Gasteiger partial charge in [-0.15, -0.1) is 5.10 Å². The Morgan fingerprint density at radius 3 is 2.27 bits per heavy atom. The number of nitrogens with zero attached hydrogens (tertiary/aromatic N) is 5. The lowest BCUT2D eigenvalue weighted by molar-refractivity contribution is -0.00204. The zero-order valence-electron chi connectivity index (χ0n) is 18.4. The van der Waals surface area contributed by atoms with E-state index in [9.17, 15) is 9.59 Å². The highest BCUT2D eigenvalue weighted by Gasteiger charge is 2.32. The third-order valence-corrected chi connectivity index (χ3v) is 6.16. The van der Waals surface area contributed by atoms with Crippen molar-refractivity contribution in [2.45, 2.75) is 19.3 Å². The van der Waals surface area contributed by atoms with E-state index in [2.05, 4.69) is 10.3 Å². The summed E-state index contributed by atoms with van der Waals surface area (Å²) in [5.74, 6) is 0.603. The SMILES string of the molecule is COc1ccc([C@@H]2Cn3nnc(C(=O)N4CCN(C(=O)c5ccccc5)CC4)c3CO2)cc1. The molecule has 0 N–H and O–H groups in total. The van der Waals surface area contributed by atoms with Crippen LogP contribution in [-0.4, -0.2) is 69.9 Å². The van der Waals surface area contributed by atoms with Crippen LogP contribution < -0.4 is 4.74 Å². The Bertz CT molecular complexity index is 1140. The highest BCUT2D eigenvalue weighted by molar-refractivity contribution is 5.95. The van der Waals surface area contributed by atoms with Crippen LogP contribution in [0.2, 0.25) is 0 Å². The maximum atomic E-state index is 13.1. The molecule has 0 saturated carbocycles. The number of carbonyl (C=O) groups is 2. The molecular formula is C24H25N5O4.